The number of nitrogens with one attached hydrogen (secondary N) is 2. The third kappa shape index (κ3) is 7.22. The number of hydrogen-bond donors (Lipinski definition) is 2. The van der Waals surface area contributed by atoms with Crippen LogP contribution in [0.1, 0.15) is 47.8 Å². The average molecular weight is 530 g/mol. The lowest BCUT2D eigenvalue weighted by molar-refractivity contribution is -0.130. The first-order valence-corrected chi connectivity index (χ1v) is 12.8. The van der Waals surface area contributed by atoms with Crippen LogP contribution in [0.4, 0.5) is 10.5 Å². The van der Waals surface area contributed by atoms with Crippen LogP contribution in [0.3, 0.4) is 0 Å². The zero-order valence-electron chi connectivity index (χ0n) is 21.9. The van der Waals surface area contributed by atoms with Crippen LogP contribution in [0.25, 0.3) is 0 Å². The van der Waals surface area contributed by atoms with Crippen LogP contribution in [0.2, 0.25) is 0 Å². The highest BCUT2D eigenvalue weighted by atomic mass is 16.7. The maximum Gasteiger partial charge on any atom is 0.513 e. The van der Waals surface area contributed by atoms with Crippen LogP contribution in [-0.2, 0) is 20.9 Å². The molecule has 3 amide bonds. The van der Waals surface area contributed by atoms with Crippen molar-refractivity contribution >= 4 is 29.6 Å². The van der Waals surface area contributed by atoms with Gasteiger partial charge in [0, 0.05) is 30.8 Å². The van der Waals surface area contributed by atoms with Crippen molar-refractivity contribution < 1.29 is 28.7 Å². The molecule has 0 saturated carbocycles. The van der Waals surface area contributed by atoms with Gasteiger partial charge < -0.3 is 25.0 Å². The molecule has 9 heteroatoms. The molecule has 2 N–H and O–H groups in total. The Bertz CT molecular complexity index is 1330. The summed E-state index contributed by atoms with van der Waals surface area (Å²) in [6.07, 6.45) is -0.625. The zero-order chi connectivity index (χ0) is 27.8. The fraction of sp³-hybridized carbons (Fsp3) is 0.267. The number of carbonyl (C=O) groups excluding carboxylic acids is 4. The molecule has 1 fully saturated rings. The second-order valence-electron chi connectivity index (χ2n) is 9.22. The summed E-state index contributed by atoms with van der Waals surface area (Å²) in [4.78, 5) is 51.3. The maximum atomic E-state index is 12.8. The van der Waals surface area contributed by atoms with Gasteiger partial charge in [0.25, 0.3) is 5.91 Å². The Labute approximate surface area is 227 Å². The Morgan fingerprint density at radius 1 is 1.00 bits per heavy atom. The van der Waals surface area contributed by atoms with Crippen LogP contribution in [-0.4, -0.2) is 41.9 Å². The Morgan fingerprint density at radius 3 is 2.46 bits per heavy atom. The third-order valence-corrected chi connectivity index (χ3v) is 6.51. The molecule has 0 aromatic heterocycles. The molecule has 1 saturated heterocycles. The quantitative estimate of drug-likeness (QED) is 0.307. The first-order chi connectivity index (χ1) is 18.8. The van der Waals surface area contributed by atoms with Gasteiger partial charge in [0.15, 0.2) is 0 Å². The van der Waals surface area contributed by atoms with Crippen molar-refractivity contribution in [1.29, 1.82) is 0 Å². The van der Waals surface area contributed by atoms with Crippen molar-refractivity contribution in [3.63, 3.8) is 0 Å². The van der Waals surface area contributed by atoms with Gasteiger partial charge >= 0.3 is 6.16 Å². The minimum absolute atomic E-state index is 0.0308. The number of hydrogen-bond acceptors (Lipinski definition) is 6. The fourth-order valence-electron chi connectivity index (χ4n) is 4.41. The van der Waals surface area contributed by atoms with Crippen LogP contribution >= 0.6 is 0 Å². The molecule has 1 aliphatic heterocycles. The Morgan fingerprint density at radius 2 is 1.74 bits per heavy atom. The number of anilines is 1. The topological polar surface area (TPSA) is 114 Å². The molecule has 0 aliphatic carbocycles. The molecule has 0 radical (unpaired) electrons. The summed E-state index contributed by atoms with van der Waals surface area (Å²) >= 11 is 0. The van der Waals surface area contributed by atoms with Gasteiger partial charge in [-0.25, -0.2) is 4.79 Å². The molecule has 0 spiro atoms. The Hall–Kier alpha value is -4.66. The van der Waals surface area contributed by atoms with E-state index in [9.17, 15) is 19.2 Å². The van der Waals surface area contributed by atoms with Gasteiger partial charge in [-0.1, -0.05) is 42.5 Å². The predicted octanol–water partition coefficient (Wildman–Crippen LogP) is 4.70. The maximum absolute atomic E-state index is 12.8. The summed E-state index contributed by atoms with van der Waals surface area (Å²) in [7, 11) is 0. The number of rotatable bonds is 9. The molecule has 2 unspecified atom stereocenters. The van der Waals surface area contributed by atoms with E-state index in [2.05, 4.69) is 10.6 Å². The summed E-state index contributed by atoms with van der Waals surface area (Å²) in [5.74, 6) is -0.690. The number of carbonyl (C=O) groups is 4. The van der Waals surface area contributed by atoms with Crippen molar-refractivity contribution in [2.75, 3.05) is 18.5 Å². The second-order valence-corrected chi connectivity index (χ2v) is 9.22. The van der Waals surface area contributed by atoms with Gasteiger partial charge in [-0.05, 0) is 61.4 Å². The van der Waals surface area contributed by atoms with E-state index in [4.69, 9.17) is 9.47 Å². The first-order valence-electron chi connectivity index (χ1n) is 12.8. The van der Waals surface area contributed by atoms with E-state index in [1.54, 1.807) is 42.2 Å². The molecule has 3 aromatic rings. The largest absolute Gasteiger partial charge is 0.513 e. The average Bonchev–Trinajstić information content (AvgIpc) is 3.34. The van der Waals surface area contributed by atoms with Crippen molar-refractivity contribution in [3.8, 4) is 5.75 Å². The highest BCUT2D eigenvalue weighted by Gasteiger charge is 2.36. The number of benzene rings is 3. The van der Waals surface area contributed by atoms with Gasteiger partial charge in [0.2, 0.25) is 11.8 Å². The molecule has 0 bridgehead atoms. The third-order valence-electron chi connectivity index (χ3n) is 6.51. The minimum Gasteiger partial charge on any atom is -0.434 e. The molecule has 202 valence electrons. The molecule has 3 aromatic carbocycles. The molecule has 2 atom stereocenters. The normalized spacial score (nSPS) is 15.4. The molecular formula is C30H31N3O6. The van der Waals surface area contributed by atoms with E-state index in [0.717, 1.165) is 11.1 Å². The van der Waals surface area contributed by atoms with Crippen LogP contribution in [0, 0.1) is 5.92 Å². The Balaban J connectivity index is 1.29. The van der Waals surface area contributed by atoms with Gasteiger partial charge in [0.1, 0.15) is 5.75 Å². The highest BCUT2D eigenvalue weighted by Crippen LogP contribution is 2.28. The highest BCUT2D eigenvalue weighted by molar-refractivity contribution is 6.04. The monoisotopic (exact) mass is 529 g/mol. The molecular weight excluding hydrogens is 498 g/mol. The number of ether oxygens (including phenoxy) is 2. The zero-order valence-corrected chi connectivity index (χ0v) is 21.9. The lowest BCUT2D eigenvalue weighted by atomic mass is 10.1. The molecule has 39 heavy (non-hydrogen) atoms. The van der Waals surface area contributed by atoms with Crippen molar-refractivity contribution in [3.05, 3.63) is 95.6 Å². The number of nitrogens with zero attached hydrogens (tertiary/aromatic N) is 1. The van der Waals surface area contributed by atoms with Crippen LogP contribution in [0.15, 0.2) is 78.9 Å². The van der Waals surface area contributed by atoms with Crippen LogP contribution in [0.5, 0.6) is 5.75 Å². The lowest BCUT2D eigenvalue weighted by Crippen LogP contribution is -2.33. The molecule has 1 heterocycles. The van der Waals surface area contributed by atoms with Gasteiger partial charge in [0.05, 0.1) is 18.6 Å². The van der Waals surface area contributed by atoms with Gasteiger partial charge in [-0.15, -0.1) is 0 Å². The van der Waals surface area contributed by atoms with Crippen molar-refractivity contribution in [2.24, 2.45) is 5.92 Å². The summed E-state index contributed by atoms with van der Waals surface area (Å²) in [6, 6.07) is 22.9. The van der Waals surface area contributed by atoms with E-state index in [-0.39, 0.29) is 49.1 Å². The molecule has 9 nitrogen and oxygen atoms in total. The SMILES string of the molecule is CCOC(=O)Oc1ccc(C(=O)Nc2cccc(CNC(=O)C3CC(=O)N(C(C)c4ccccc4)C3)c2)cc1. The van der Waals surface area contributed by atoms with E-state index >= 15 is 0 Å². The first kappa shape index (κ1) is 27.4. The fourth-order valence-corrected chi connectivity index (χ4v) is 4.41. The lowest BCUT2D eigenvalue weighted by Gasteiger charge is -2.25. The van der Waals surface area contributed by atoms with Gasteiger partial charge in [-0.3, -0.25) is 14.4 Å². The summed E-state index contributed by atoms with van der Waals surface area (Å²) in [5.41, 5.74) is 2.78. The predicted molar refractivity (Wildman–Crippen MR) is 145 cm³/mol. The summed E-state index contributed by atoms with van der Waals surface area (Å²) in [5, 5.41) is 5.75. The molecule has 4 rings (SSSR count). The van der Waals surface area contributed by atoms with E-state index in [0.29, 0.717) is 17.8 Å². The second kappa shape index (κ2) is 12.7. The standard InChI is InChI=1S/C30H31N3O6/c1-3-38-30(37)39-26-14-12-23(13-15-26)29(36)32-25-11-7-8-21(16-25)18-31-28(35)24-17-27(34)33(19-24)20(2)22-9-5-4-6-10-22/h4-16,20,24H,3,17-19H2,1-2H3,(H,31,35)(H,32,36). The van der Waals surface area contributed by atoms with E-state index in [1.807, 2.05) is 43.3 Å². The van der Waals surface area contributed by atoms with Gasteiger partial charge in [-0.2, -0.15) is 0 Å². The van der Waals surface area contributed by atoms with Crippen molar-refractivity contribution in [1.82, 2.24) is 10.2 Å². The smallest absolute Gasteiger partial charge is 0.434 e. The Kier molecular flexibility index (Phi) is 8.94. The van der Waals surface area contributed by atoms with Crippen LogP contribution < -0.4 is 15.4 Å². The summed E-state index contributed by atoms with van der Waals surface area (Å²) in [6.45, 7) is 4.49. The van der Waals surface area contributed by atoms with Crippen molar-refractivity contribution in [2.45, 2.75) is 32.9 Å². The molecule has 1 aliphatic rings. The number of amides is 3. The van der Waals surface area contributed by atoms with E-state index < -0.39 is 12.1 Å². The summed E-state index contributed by atoms with van der Waals surface area (Å²) < 4.78 is 9.73. The minimum atomic E-state index is -0.808. The number of likely N-dealkylation sites (tertiary alicyclic amines) is 1. The van der Waals surface area contributed by atoms with E-state index in [1.165, 1.54) is 12.1 Å².